The van der Waals surface area contributed by atoms with Crippen LogP contribution in [0.4, 0.5) is 0 Å². The van der Waals surface area contributed by atoms with Crippen LogP contribution in [0.15, 0.2) is 0 Å². The van der Waals surface area contributed by atoms with E-state index in [-0.39, 0.29) is 17.1 Å². The molecule has 0 spiro atoms. The quantitative estimate of drug-likeness (QED) is 0.834. The van der Waals surface area contributed by atoms with Crippen molar-refractivity contribution in [2.45, 2.75) is 69.2 Å². The van der Waals surface area contributed by atoms with Gasteiger partial charge in [-0.15, -0.1) is 0 Å². The zero-order chi connectivity index (χ0) is 15.6. The predicted octanol–water partition coefficient (Wildman–Crippen LogP) is 3.82. The van der Waals surface area contributed by atoms with Crippen LogP contribution >= 0.6 is 0 Å². The van der Waals surface area contributed by atoms with Gasteiger partial charge in [0.15, 0.2) is 0 Å². The van der Waals surface area contributed by atoms with Crippen LogP contribution in [0.25, 0.3) is 0 Å². The van der Waals surface area contributed by atoms with Crippen LogP contribution in [0.5, 0.6) is 0 Å². The van der Waals surface area contributed by atoms with E-state index in [0.717, 1.165) is 0 Å². The molecule has 0 rings (SSSR count). The first-order valence-corrected chi connectivity index (χ1v) is 6.87. The second kappa shape index (κ2) is 10.1. The number of hydrogen-bond donors (Lipinski definition) is 1. The summed E-state index contributed by atoms with van der Waals surface area (Å²) in [6.45, 7) is 19.4. The molecule has 0 radical (unpaired) electrons. The first-order chi connectivity index (χ1) is 8.11. The molecule has 0 unspecified atom stereocenters. The second-order valence-electron chi connectivity index (χ2n) is 4.97. The van der Waals surface area contributed by atoms with Crippen LogP contribution in [-0.2, 0) is 9.59 Å². The summed E-state index contributed by atoms with van der Waals surface area (Å²) in [4.78, 5) is 22.2. The Morgan fingerprint density at radius 2 is 1.22 bits per heavy atom. The Bertz CT molecular complexity index is 243. The summed E-state index contributed by atoms with van der Waals surface area (Å²) in [7, 11) is 0. The molecule has 0 aliphatic carbocycles. The molecule has 0 aromatic heterocycles. The summed E-state index contributed by atoms with van der Waals surface area (Å²) in [6.07, 6.45) is 0. The molecule has 3 nitrogen and oxygen atoms in total. The Balaban J connectivity index is -0.000000506. The fraction of sp³-hybridized carbons (Fsp3) is 0.867. The fourth-order valence-electron chi connectivity index (χ4n) is 1.04. The summed E-state index contributed by atoms with van der Waals surface area (Å²) in [5.41, 5.74) is -0.653. The van der Waals surface area contributed by atoms with Gasteiger partial charge in [-0.05, 0) is 12.3 Å². The molecule has 1 N–H and O–H groups in total. The number of amides is 1. The van der Waals surface area contributed by atoms with Gasteiger partial charge < -0.3 is 5.32 Å². The van der Waals surface area contributed by atoms with Gasteiger partial charge in [0, 0.05) is 18.9 Å². The van der Waals surface area contributed by atoms with Gasteiger partial charge >= 0.3 is 0 Å². The van der Waals surface area contributed by atoms with Crippen molar-refractivity contribution in [3.05, 3.63) is 0 Å². The number of rotatable bonds is 4. The van der Waals surface area contributed by atoms with Gasteiger partial charge in [-0.25, -0.2) is 0 Å². The van der Waals surface area contributed by atoms with Crippen molar-refractivity contribution < 1.29 is 9.59 Å². The molecular formula is C15H33NO2. The van der Waals surface area contributed by atoms with E-state index in [9.17, 15) is 9.59 Å². The molecular weight excluding hydrogens is 226 g/mol. The Labute approximate surface area is 114 Å². The number of carbonyl (C=O) groups is 2. The minimum atomic E-state index is -0.421. The Morgan fingerprint density at radius 1 is 0.889 bits per heavy atom. The summed E-state index contributed by atoms with van der Waals surface area (Å²) in [5, 5.41) is 2.76. The van der Waals surface area contributed by atoms with Crippen molar-refractivity contribution in [1.82, 2.24) is 5.32 Å². The largest absolute Gasteiger partial charge is 0.356 e. The highest BCUT2D eigenvalue weighted by atomic mass is 16.1. The Morgan fingerprint density at radius 3 is 1.44 bits per heavy atom. The fourth-order valence-corrected chi connectivity index (χ4v) is 1.04. The summed E-state index contributed by atoms with van der Waals surface area (Å²) < 4.78 is 0. The topological polar surface area (TPSA) is 46.2 Å². The highest BCUT2D eigenvalue weighted by molar-refractivity contribution is 5.82. The lowest BCUT2D eigenvalue weighted by Gasteiger charge is -2.39. The first kappa shape index (κ1) is 22.3. The third kappa shape index (κ3) is 7.46. The van der Waals surface area contributed by atoms with E-state index in [1.807, 2.05) is 55.4 Å². The standard InChI is InChI=1S/C11H21NO2.2C2H6/c1-8(13)11(5,6)10(3,4)7-12-9(2)14;2*1-2/h7H2,1-6H3,(H,12,14);2*1-2H3. The number of Topliss-reactive ketones (excluding diaryl/α,β-unsaturated/α-hetero) is 1. The summed E-state index contributed by atoms with van der Waals surface area (Å²) in [5.74, 6) is 0.0882. The van der Waals surface area contributed by atoms with Crippen molar-refractivity contribution in [2.24, 2.45) is 10.8 Å². The van der Waals surface area contributed by atoms with Crippen molar-refractivity contribution in [1.29, 1.82) is 0 Å². The third-order valence-corrected chi connectivity index (χ3v) is 3.35. The van der Waals surface area contributed by atoms with E-state index in [1.165, 1.54) is 6.92 Å². The number of nitrogens with one attached hydrogen (secondary N) is 1. The van der Waals surface area contributed by atoms with E-state index in [1.54, 1.807) is 6.92 Å². The second-order valence-corrected chi connectivity index (χ2v) is 4.97. The molecule has 0 saturated heterocycles. The maximum absolute atomic E-state index is 11.4. The Hall–Kier alpha value is -0.860. The molecule has 0 aromatic rings. The highest BCUT2D eigenvalue weighted by Gasteiger charge is 2.40. The zero-order valence-electron chi connectivity index (χ0n) is 14.0. The lowest BCUT2D eigenvalue weighted by atomic mass is 9.66. The van der Waals surface area contributed by atoms with E-state index in [2.05, 4.69) is 5.32 Å². The maximum Gasteiger partial charge on any atom is 0.216 e. The molecule has 0 saturated carbocycles. The average molecular weight is 259 g/mol. The number of carbonyl (C=O) groups excluding carboxylic acids is 2. The van der Waals surface area contributed by atoms with Crippen molar-refractivity contribution in [3.63, 3.8) is 0 Å². The maximum atomic E-state index is 11.4. The highest BCUT2D eigenvalue weighted by Crippen LogP contribution is 2.38. The van der Waals surface area contributed by atoms with Gasteiger partial charge in [0.2, 0.25) is 5.91 Å². The molecule has 3 heteroatoms. The minimum Gasteiger partial charge on any atom is -0.356 e. The first-order valence-electron chi connectivity index (χ1n) is 6.87. The van der Waals surface area contributed by atoms with Crippen LogP contribution in [0, 0.1) is 10.8 Å². The van der Waals surface area contributed by atoms with Crippen LogP contribution in [-0.4, -0.2) is 18.2 Å². The average Bonchev–Trinajstić information content (AvgIpc) is 2.31. The molecule has 110 valence electrons. The van der Waals surface area contributed by atoms with Crippen LogP contribution in [0.1, 0.15) is 69.2 Å². The van der Waals surface area contributed by atoms with Crippen molar-refractivity contribution in [3.8, 4) is 0 Å². The molecule has 0 atom stereocenters. The smallest absolute Gasteiger partial charge is 0.216 e. The summed E-state index contributed by atoms with van der Waals surface area (Å²) in [6, 6.07) is 0. The monoisotopic (exact) mass is 259 g/mol. The molecule has 0 bridgehead atoms. The van der Waals surface area contributed by atoms with E-state index < -0.39 is 5.41 Å². The van der Waals surface area contributed by atoms with Gasteiger partial charge in [-0.3, -0.25) is 9.59 Å². The molecule has 0 heterocycles. The zero-order valence-corrected chi connectivity index (χ0v) is 14.0. The van der Waals surface area contributed by atoms with Gasteiger partial charge in [-0.2, -0.15) is 0 Å². The van der Waals surface area contributed by atoms with Crippen LogP contribution in [0.3, 0.4) is 0 Å². The number of ketones is 1. The van der Waals surface area contributed by atoms with Gasteiger partial charge in [0.05, 0.1) is 0 Å². The minimum absolute atomic E-state index is 0.0579. The molecule has 0 aliphatic rings. The van der Waals surface area contributed by atoms with E-state index >= 15 is 0 Å². The molecule has 0 aromatic carbocycles. The predicted molar refractivity (Wildman–Crippen MR) is 79.6 cm³/mol. The van der Waals surface area contributed by atoms with Crippen molar-refractivity contribution in [2.75, 3.05) is 6.54 Å². The molecule has 0 aliphatic heterocycles. The van der Waals surface area contributed by atoms with Crippen molar-refractivity contribution >= 4 is 11.7 Å². The molecule has 1 amide bonds. The van der Waals surface area contributed by atoms with Crippen LogP contribution in [0.2, 0.25) is 0 Å². The number of hydrogen-bond acceptors (Lipinski definition) is 2. The van der Waals surface area contributed by atoms with Crippen LogP contribution < -0.4 is 5.32 Å². The van der Waals surface area contributed by atoms with Gasteiger partial charge in [0.1, 0.15) is 5.78 Å². The van der Waals surface area contributed by atoms with Gasteiger partial charge in [0.25, 0.3) is 0 Å². The Kier molecular flexibility index (Phi) is 12.5. The lowest BCUT2D eigenvalue weighted by Crippen LogP contribution is -2.46. The van der Waals surface area contributed by atoms with Gasteiger partial charge in [-0.1, -0.05) is 55.4 Å². The third-order valence-electron chi connectivity index (χ3n) is 3.35. The van der Waals surface area contributed by atoms with E-state index in [0.29, 0.717) is 6.54 Å². The molecule has 18 heavy (non-hydrogen) atoms. The lowest BCUT2D eigenvalue weighted by molar-refractivity contribution is -0.131. The SMILES string of the molecule is CC.CC.CC(=O)NCC(C)(C)C(C)(C)C(C)=O. The summed E-state index contributed by atoms with van der Waals surface area (Å²) >= 11 is 0. The normalized spacial score (nSPS) is 10.3. The van der Waals surface area contributed by atoms with E-state index in [4.69, 9.17) is 0 Å². The molecule has 0 fully saturated rings.